The Bertz CT molecular complexity index is 674. The monoisotopic (exact) mass is 339 g/mol. The molecule has 2 amide bonds. The molecule has 132 valence electrons. The van der Waals surface area contributed by atoms with Crippen LogP contribution in [0.25, 0.3) is 0 Å². The van der Waals surface area contributed by atoms with Crippen LogP contribution in [0.5, 0.6) is 0 Å². The summed E-state index contributed by atoms with van der Waals surface area (Å²) in [6.07, 6.45) is 0.258. The van der Waals surface area contributed by atoms with E-state index in [0.717, 1.165) is 11.1 Å². The lowest BCUT2D eigenvalue weighted by Crippen LogP contribution is -2.36. The number of rotatable bonds is 8. The fraction of sp³-hybridized carbons (Fsp3) is 0.300. The van der Waals surface area contributed by atoms with E-state index < -0.39 is 0 Å². The lowest BCUT2D eigenvalue weighted by molar-refractivity contribution is -0.130. The molecule has 1 unspecified atom stereocenters. The molecule has 0 aliphatic carbocycles. The van der Waals surface area contributed by atoms with E-state index in [2.05, 4.69) is 5.32 Å². The molecule has 0 spiro atoms. The Morgan fingerprint density at radius 2 is 1.64 bits per heavy atom. The van der Waals surface area contributed by atoms with Crippen LogP contribution in [0.2, 0.25) is 0 Å². The van der Waals surface area contributed by atoms with Crippen LogP contribution in [0.1, 0.15) is 30.5 Å². The minimum Gasteiger partial charge on any atom is -0.354 e. The third-order valence-corrected chi connectivity index (χ3v) is 4.02. The van der Waals surface area contributed by atoms with Crippen molar-refractivity contribution < 1.29 is 9.59 Å². The molecule has 0 radical (unpaired) electrons. The van der Waals surface area contributed by atoms with Crippen LogP contribution in [-0.2, 0) is 16.1 Å². The molecule has 5 heteroatoms. The molecule has 0 aromatic heterocycles. The third-order valence-electron chi connectivity index (χ3n) is 4.02. The van der Waals surface area contributed by atoms with Crippen molar-refractivity contribution in [3.8, 4) is 0 Å². The zero-order valence-corrected chi connectivity index (χ0v) is 14.5. The van der Waals surface area contributed by atoms with Crippen molar-refractivity contribution in [2.75, 3.05) is 13.1 Å². The summed E-state index contributed by atoms with van der Waals surface area (Å²) in [5.41, 5.74) is 8.10. The van der Waals surface area contributed by atoms with Gasteiger partial charge in [-0.3, -0.25) is 9.59 Å². The zero-order chi connectivity index (χ0) is 18.1. The maximum absolute atomic E-state index is 12.1. The van der Waals surface area contributed by atoms with Crippen molar-refractivity contribution in [3.63, 3.8) is 0 Å². The topological polar surface area (TPSA) is 75.4 Å². The molecule has 5 nitrogen and oxygen atoms in total. The van der Waals surface area contributed by atoms with Gasteiger partial charge in [0, 0.05) is 39.0 Å². The summed E-state index contributed by atoms with van der Waals surface area (Å²) in [5.74, 6) is -0.150. The summed E-state index contributed by atoms with van der Waals surface area (Å²) >= 11 is 0. The minimum absolute atomic E-state index is 0.0439. The SMILES string of the molecule is CC(=O)N(CCC(=O)NCC(N)c1ccccc1)Cc1ccccc1. The summed E-state index contributed by atoms with van der Waals surface area (Å²) in [4.78, 5) is 25.5. The highest BCUT2D eigenvalue weighted by molar-refractivity contribution is 5.78. The van der Waals surface area contributed by atoms with Crippen molar-refractivity contribution in [2.24, 2.45) is 5.73 Å². The van der Waals surface area contributed by atoms with Crippen LogP contribution in [0, 0.1) is 0 Å². The molecule has 2 aromatic carbocycles. The first kappa shape index (κ1) is 18.7. The van der Waals surface area contributed by atoms with E-state index >= 15 is 0 Å². The third kappa shape index (κ3) is 6.39. The van der Waals surface area contributed by atoms with Crippen LogP contribution >= 0.6 is 0 Å². The van der Waals surface area contributed by atoms with Gasteiger partial charge in [-0.15, -0.1) is 0 Å². The van der Waals surface area contributed by atoms with Gasteiger partial charge < -0.3 is 16.0 Å². The number of amides is 2. The lowest BCUT2D eigenvalue weighted by atomic mass is 10.1. The Morgan fingerprint density at radius 1 is 1.04 bits per heavy atom. The van der Waals surface area contributed by atoms with Gasteiger partial charge >= 0.3 is 0 Å². The maximum atomic E-state index is 12.1. The number of hydrogen-bond donors (Lipinski definition) is 2. The largest absolute Gasteiger partial charge is 0.354 e. The van der Waals surface area contributed by atoms with Crippen LogP contribution in [-0.4, -0.2) is 29.8 Å². The van der Waals surface area contributed by atoms with E-state index in [-0.39, 0.29) is 24.3 Å². The van der Waals surface area contributed by atoms with Gasteiger partial charge in [-0.25, -0.2) is 0 Å². The van der Waals surface area contributed by atoms with Gasteiger partial charge in [0.2, 0.25) is 11.8 Å². The number of benzene rings is 2. The van der Waals surface area contributed by atoms with E-state index in [1.165, 1.54) is 6.92 Å². The maximum Gasteiger partial charge on any atom is 0.221 e. The van der Waals surface area contributed by atoms with Crippen molar-refractivity contribution in [3.05, 3.63) is 71.8 Å². The molecule has 2 aromatic rings. The van der Waals surface area contributed by atoms with Crippen LogP contribution in [0.15, 0.2) is 60.7 Å². The van der Waals surface area contributed by atoms with Crippen molar-refractivity contribution in [2.45, 2.75) is 25.9 Å². The second kappa shape index (κ2) is 9.59. The highest BCUT2D eigenvalue weighted by atomic mass is 16.2. The number of nitrogens with one attached hydrogen (secondary N) is 1. The molecule has 0 aliphatic rings. The molecule has 1 atom stereocenters. The summed E-state index contributed by atoms with van der Waals surface area (Å²) in [6, 6.07) is 19.2. The quantitative estimate of drug-likeness (QED) is 0.774. The predicted molar refractivity (Wildman–Crippen MR) is 98.5 cm³/mol. The molecule has 0 saturated heterocycles. The highest BCUT2D eigenvalue weighted by Crippen LogP contribution is 2.08. The van der Waals surface area contributed by atoms with E-state index in [1.54, 1.807) is 4.90 Å². The Labute approximate surface area is 148 Å². The summed E-state index contributed by atoms with van der Waals surface area (Å²) < 4.78 is 0. The smallest absolute Gasteiger partial charge is 0.221 e. The molecule has 0 aliphatic heterocycles. The van der Waals surface area contributed by atoms with E-state index in [1.807, 2.05) is 60.7 Å². The van der Waals surface area contributed by atoms with Gasteiger partial charge in [0.15, 0.2) is 0 Å². The Kier molecular flexibility index (Phi) is 7.16. The molecule has 2 rings (SSSR count). The standard InChI is InChI=1S/C20H25N3O2/c1-16(24)23(15-17-8-4-2-5-9-17)13-12-20(25)22-14-19(21)18-10-6-3-7-11-18/h2-11,19H,12-15,21H2,1H3,(H,22,25). The summed E-state index contributed by atoms with van der Waals surface area (Å²) in [7, 11) is 0. The van der Waals surface area contributed by atoms with Crippen LogP contribution < -0.4 is 11.1 Å². The molecule has 3 N–H and O–H groups in total. The molecular weight excluding hydrogens is 314 g/mol. The Hall–Kier alpha value is -2.66. The minimum atomic E-state index is -0.238. The van der Waals surface area contributed by atoms with Gasteiger partial charge in [-0.1, -0.05) is 60.7 Å². The first-order valence-electron chi connectivity index (χ1n) is 8.43. The fourth-order valence-electron chi connectivity index (χ4n) is 2.52. The average molecular weight is 339 g/mol. The normalized spacial score (nSPS) is 11.6. The van der Waals surface area contributed by atoms with Crippen LogP contribution in [0.4, 0.5) is 0 Å². The van der Waals surface area contributed by atoms with Crippen molar-refractivity contribution in [1.29, 1.82) is 0 Å². The predicted octanol–water partition coefficient (Wildman–Crippen LogP) is 2.24. The number of nitrogens with two attached hydrogens (primary N) is 1. The van der Waals surface area contributed by atoms with Gasteiger partial charge in [0.1, 0.15) is 0 Å². The molecule has 0 heterocycles. The first-order chi connectivity index (χ1) is 12.1. The van der Waals surface area contributed by atoms with Crippen molar-refractivity contribution >= 4 is 11.8 Å². The first-order valence-corrected chi connectivity index (χ1v) is 8.43. The average Bonchev–Trinajstić information content (AvgIpc) is 2.64. The van der Waals surface area contributed by atoms with Gasteiger partial charge in [0.25, 0.3) is 0 Å². The van der Waals surface area contributed by atoms with Gasteiger partial charge in [-0.05, 0) is 11.1 Å². The molecule has 0 saturated carbocycles. The van der Waals surface area contributed by atoms with E-state index in [9.17, 15) is 9.59 Å². The molecule has 0 bridgehead atoms. The second-order valence-corrected chi connectivity index (χ2v) is 6.00. The fourth-order valence-corrected chi connectivity index (χ4v) is 2.52. The number of hydrogen-bond acceptors (Lipinski definition) is 3. The zero-order valence-electron chi connectivity index (χ0n) is 14.5. The number of carbonyl (C=O) groups excluding carboxylic acids is 2. The van der Waals surface area contributed by atoms with Gasteiger partial charge in [-0.2, -0.15) is 0 Å². The summed E-state index contributed by atoms with van der Waals surface area (Å²) in [5, 5.41) is 2.84. The lowest BCUT2D eigenvalue weighted by Gasteiger charge is -2.21. The second-order valence-electron chi connectivity index (χ2n) is 6.00. The van der Waals surface area contributed by atoms with Gasteiger partial charge in [0.05, 0.1) is 0 Å². The van der Waals surface area contributed by atoms with E-state index in [4.69, 9.17) is 5.73 Å². The highest BCUT2D eigenvalue weighted by Gasteiger charge is 2.13. The van der Waals surface area contributed by atoms with Crippen molar-refractivity contribution in [1.82, 2.24) is 10.2 Å². The Morgan fingerprint density at radius 3 is 2.24 bits per heavy atom. The van der Waals surface area contributed by atoms with Crippen LogP contribution in [0.3, 0.4) is 0 Å². The number of carbonyl (C=O) groups is 2. The molecule has 25 heavy (non-hydrogen) atoms. The Balaban J connectivity index is 1.78. The summed E-state index contributed by atoms with van der Waals surface area (Å²) in [6.45, 7) is 2.79. The van der Waals surface area contributed by atoms with E-state index in [0.29, 0.717) is 19.6 Å². The number of nitrogens with zero attached hydrogens (tertiary/aromatic N) is 1. The molecule has 0 fully saturated rings. The molecular formula is C20H25N3O2.